The van der Waals surface area contributed by atoms with Crippen molar-refractivity contribution in [3.63, 3.8) is 0 Å². The number of hydrogen-bond acceptors (Lipinski definition) is 15. The second kappa shape index (κ2) is 13.3. The van der Waals surface area contributed by atoms with E-state index in [0.717, 1.165) is 47.6 Å². The standard InChI is InChI=1S/C26H32N8O10S2/c1-26(2)20(23(36)34(26)44-46(39,40)41)32-22(35)19(17-12-45-25(27)31-17)33-43-18(24(37)38)11-42-15-3-4-16-14(7-15)5-6-29-21(16)30-10-13-8-28-9-13/h3-7,12-13,18-20,28,33H,8-11H2,1-2H3,(H2,27,31)(H,29,30)(H,32,35)(H,37,38)(H,39,40,41)/t18-,19?,20+/m0/s1. The number of nitrogen functional groups attached to an aromatic ring is 1. The number of aliphatic carboxylic acids is 1. The summed E-state index contributed by atoms with van der Waals surface area (Å²) < 4.78 is 41.2. The van der Waals surface area contributed by atoms with Gasteiger partial charge in [0.15, 0.2) is 11.2 Å². The summed E-state index contributed by atoms with van der Waals surface area (Å²) in [4.78, 5) is 51.7. The summed E-state index contributed by atoms with van der Waals surface area (Å²) >= 11 is 1.00. The van der Waals surface area contributed by atoms with Gasteiger partial charge in [0.1, 0.15) is 24.2 Å². The van der Waals surface area contributed by atoms with Gasteiger partial charge in [0, 0.05) is 42.5 Å². The monoisotopic (exact) mass is 680 g/mol. The molecule has 20 heteroatoms. The van der Waals surface area contributed by atoms with E-state index in [9.17, 15) is 27.9 Å². The summed E-state index contributed by atoms with van der Waals surface area (Å²) in [6.45, 7) is 5.00. The number of carbonyl (C=O) groups excluding carboxylic acids is 2. The molecule has 0 saturated carbocycles. The summed E-state index contributed by atoms with van der Waals surface area (Å²) in [6.07, 6.45) is 0.0575. The molecule has 46 heavy (non-hydrogen) atoms. The Bertz CT molecular complexity index is 1730. The molecule has 2 saturated heterocycles. The first-order chi connectivity index (χ1) is 21.7. The van der Waals surface area contributed by atoms with Crippen molar-refractivity contribution in [2.45, 2.75) is 37.6 Å². The maximum atomic E-state index is 13.3. The summed E-state index contributed by atoms with van der Waals surface area (Å²) in [5.74, 6) is -1.62. The number of β-lactam (4-membered cyclic amide) rings is 1. The number of carbonyl (C=O) groups is 3. The van der Waals surface area contributed by atoms with Crippen molar-refractivity contribution < 1.29 is 46.3 Å². The zero-order valence-electron chi connectivity index (χ0n) is 24.5. The molecule has 0 radical (unpaired) electrons. The Balaban J connectivity index is 1.23. The lowest BCUT2D eigenvalue weighted by molar-refractivity contribution is -0.219. The zero-order valence-corrected chi connectivity index (χ0v) is 26.1. The van der Waals surface area contributed by atoms with Crippen molar-refractivity contribution in [1.29, 1.82) is 0 Å². The average molecular weight is 681 g/mol. The molecule has 18 nitrogen and oxygen atoms in total. The van der Waals surface area contributed by atoms with E-state index in [0.29, 0.717) is 16.7 Å². The summed E-state index contributed by atoms with van der Waals surface area (Å²) in [6, 6.07) is 4.29. The van der Waals surface area contributed by atoms with Gasteiger partial charge in [0.05, 0.1) is 11.2 Å². The molecule has 1 unspecified atom stereocenters. The van der Waals surface area contributed by atoms with E-state index < -0.39 is 58.5 Å². The first-order valence-electron chi connectivity index (χ1n) is 13.9. The summed E-state index contributed by atoms with van der Waals surface area (Å²) in [7, 11) is -5.00. The fourth-order valence-corrected chi connectivity index (χ4v) is 5.77. The highest BCUT2D eigenvalue weighted by Gasteiger charge is 2.58. The molecular formula is C26H32N8O10S2. The molecule has 4 heterocycles. The maximum absolute atomic E-state index is 13.3. The fraction of sp³-hybridized carbons (Fsp3) is 0.423. The second-order valence-corrected chi connectivity index (χ2v) is 13.0. The maximum Gasteiger partial charge on any atom is 0.418 e. The predicted octanol–water partition coefficient (Wildman–Crippen LogP) is -0.161. The van der Waals surface area contributed by atoms with E-state index in [1.54, 1.807) is 24.4 Å². The molecule has 3 aromatic rings. The van der Waals surface area contributed by atoms with Gasteiger partial charge in [-0.05, 0) is 43.5 Å². The number of nitrogens with two attached hydrogens (primary N) is 1. The van der Waals surface area contributed by atoms with E-state index in [1.807, 2.05) is 6.07 Å². The minimum absolute atomic E-state index is 0.0572. The highest BCUT2D eigenvalue weighted by atomic mass is 32.3. The number of thiazole rings is 1. The first-order valence-corrected chi connectivity index (χ1v) is 16.1. The normalized spacial score (nSPS) is 19.2. The molecule has 248 valence electrons. The SMILES string of the molecule is CC1(C)[C@H](NC(=O)C(NO[C@@H](COc2ccc3c(NCC4CNC4)nccc3c2)C(=O)O)c2csc(N)n2)C(=O)N1OS(=O)(=O)O. The Morgan fingerprint density at radius 2 is 2.04 bits per heavy atom. The van der Waals surface area contributed by atoms with Gasteiger partial charge in [-0.2, -0.15) is 19.0 Å². The van der Waals surface area contributed by atoms with Crippen LogP contribution < -0.4 is 31.9 Å². The Hall–Kier alpha value is -4.18. The van der Waals surface area contributed by atoms with Gasteiger partial charge in [-0.1, -0.05) is 0 Å². The molecule has 2 aromatic heterocycles. The minimum Gasteiger partial charge on any atom is -0.490 e. The lowest BCUT2D eigenvalue weighted by Crippen LogP contribution is -2.76. The van der Waals surface area contributed by atoms with Crippen molar-refractivity contribution >= 4 is 61.2 Å². The summed E-state index contributed by atoms with van der Waals surface area (Å²) in [5.41, 5.74) is 6.77. The third-order valence-corrected chi connectivity index (χ3v) is 8.42. The Kier molecular flexibility index (Phi) is 9.58. The Labute approximate surface area is 266 Å². The largest absolute Gasteiger partial charge is 0.490 e. The van der Waals surface area contributed by atoms with Crippen molar-refractivity contribution in [2.75, 3.05) is 37.3 Å². The quantitative estimate of drug-likeness (QED) is 0.0625. The number of rotatable bonds is 15. The van der Waals surface area contributed by atoms with Crippen LogP contribution in [0.15, 0.2) is 35.8 Å². The molecule has 0 spiro atoms. The van der Waals surface area contributed by atoms with Crippen LogP contribution in [0, 0.1) is 5.92 Å². The molecular weight excluding hydrogens is 648 g/mol. The molecule has 0 bridgehead atoms. The number of nitrogens with zero attached hydrogens (tertiary/aromatic N) is 3. The lowest BCUT2D eigenvalue weighted by Gasteiger charge is -2.50. The number of fused-ring (bicyclic) bond motifs is 1. The number of nitrogens with one attached hydrogen (secondary N) is 4. The summed E-state index contributed by atoms with van der Waals surface area (Å²) in [5, 5.41) is 22.4. The molecule has 2 aliphatic heterocycles. The van der Waals surface area contributed by atoms with Gasteiger partial charge in [-0.3, -0.25) is 19.0 Å². The highest BCUT2D eigenvalue weighted by Crippen LogP contribution is 2.33. The number of carboxylic acid groups (broad SMARTS) is 1. The van der Waals surface area contributed by atoms with Gasteiger partial charge < -0.3 is 31.5 Å². The number of anilines is 2. The molecule has 1 aromatic carbocycles. The van der Waals surface area contributed by atoms with E-state index in [1.165, 1.54) is 19.2 Å². The van der Waals surface area contributed by atoms with E-state index in [-0.39, 0.29) is 10.8 Å². The predicted molar refractivity (Wildman–Crippen MR) is 162 cm³/mol. The number of hydroxylamine groups is 3. The minimum atomic E-state index is -5.00. The van der Waals surface area contributed by atoms with Crippen LogP contribution in [-0.4, -0.2) is 94.8 Å². The van der Waals surface area contributed by atoms with Gasteiger partial charge in [-0.15, -0.1) is 15.6 Å². The Morgan fingerprint density at radius 1 is 1.28 bits per heavy atom. The van der Waals surface area contributed by atoms with Gasteiger partial charge in [0.25, 0.3) is 5.91 Å². The van der Waals surface area contributed by atoms with Gasteiger partial charge >= 0.3 is 16.4 Å². The number of hydrogen-bond donors (Lipinski definition) is 7. The number of aromatic nitrogens is 2. The van der Waals surface area contributed by atoms with Gasteiger partial charge in [-0.25, -0.2) is 14.8 Å². The van der Waals surface area contributed by atoms with Crippen LogP contribution >= 0.6 is 11.3 Å². The average Bonchev–Trinajstić information content (AvgIpc) is 3.40. The van der Waals surface area contributed by atoms with Crippen molar-refractivity contribution in [2.24, 2.45) is 5.92 Å². The van der Waals surface area contributed by atoms with E-state index >= 15 is 0 Å². The lowest BCUT2D eigenvalue weighted by atomic mass is 9.84. The van der Waals surface area contributed by atoms with Crippen LogP contribution in [0.5, 0.6) is 5.75 Å². The van der Waals surface area contributed by atoms with Crippen LogP contribution in [0.4, 0.5) is 10.9 Å². The van der Waals surface area contributed by atoms with Crippen LogP contribution in [0.25, 0.3) is 10.8 Å². The topological polar surface area (TPSA) is 257 Å². The van der Waals surface area contributed by atoms with Crippen molar-refractivity contribution in [3.05, 3.63) is 41.5 Å². The van der Waals surface area contributed by atoms with Gasteiger partial charge in [0.2, 0.25) is 12.0 Å². The fourth-order valence-electron chi connectivity index (χ4n) is 4.73. The van der Waals surface area contributed by atoms with Crippen molar-refractivity contribution in [1.82, 2.24) is 31.1 Å². The van der Waals surface area contributed by atoms with Crippen LogP contribution in [0.2, 0.25) is 0 Å². The van der Waals surface area contributed by atoms with E-state index in [2.05, 4.69) is 35.7 Å². The third-order valence-electron chi connectivity index (χ3n) is 7.40. The molecule has 0 aliphatic carbocycles. The second-order valence-electron chi connectivity index (χ2n) is 11.1. The molecule has 2 fully saturated rings. The number of ether oxygens (including phenoxy) is 1. The molecule has 2 amide bonds. The number of carboxylic acids is 1. The first kappa shape index (κ1) is 33.2. The molecule has 5 rings (SSSR count). The number of benzene rings is 1. The van der Waals surface area contributed by atoms with E-state index in [4.69, 9.17) is 19.9 Å². The third kappa shape index (κ3) is 7.44. The number of amides is 2. The Morgan fingerprint density at radius 3 is 2.65 bits per heavy atom. The van der Waals surface area contributed by atoms with Crippen LogP contribution in [-0.2, 0) is 33.9 Å². The van der Waals surface area contributed by atoms with Crippen molar-refractivity contribution in [3.8, 4) is 5.75 Å². The molecule has 3 atom stereocenters. The number of pyridine rings is 1. The highest BCUT2D eigenvalue weighted by molar-refractivity contribution is 7.80. The zero-order chi connectivity index (χ0) is 33.2. The smallest absolute Gasteiger partial charge is 0.418 e. The van der Waals surface area contributed by atoms with Crippen LogP contribution in [0.3, 0.4) is 0 Å². The molecule has 2 aliphatic rings. The van der Waals surface area contributed by atoms with Crippen LogP contribution in [0.1, 0.15) is 25.6 Å². The molecule has 8 N–H and O–H groups in total.